The van der Waals surface area contributed by atoms with Gasteiger partial charge in [-0.15, -0.1) is 0 Å². The highest BCUT2D eigenvalue weighted by atomic mass is 35.5. The standard InChI is InChI=1S/C16H17ClF2N2/c1-2-21(15-6-4-3-5-14(15)19)16(10-20)11-7-12(17)9-13(18)8-11/h3-9,16H,2,10,20H2,1H3. The average Bonchev–Trinajstić information content (AvgIpc) is 2.44. The third-order valence-corrected chi connectivity index (χ3v) is 3.59. The molecule has 0 amide bonds. The molecule has 0 fully saturated rings. The number of nitrogens with two attached hydrogens (primary N) is 1. The Labute approximate surface area is 128 Å². The van der Waals surface area contributed by atoms with Crippen LogP contribution in [0.3, 0.4) is 0 Å². The maximum atomic E-state index is 14.0. The first-order valence-corrected chi connectivity index (χ1v) is 7.11. The van der Waals surface area contributed by atoms with Crippen LogP contribution in [-0.2, 0) is 0 Å². The maximum absolute atomic E-state index is 14.0. The number of likely N-dealkylation sites (N-methyl/N-ethyl adjacent to an activating group) is 1. The summed E-state index contributed by atoms with van der Waals surface area (Å²) in [5, 5.41) is 0.299. The van der Waals surface area contributed by atoms with E-state index in [1.165, 1.54) is 18.2 Å². The quantitative estimate of drug-likeness (QED) is 0.899. The predicted molar refractivity (Wildman–Crippen MR) is 82.6 cm³/mol. The molecule has 0 radical (unpaired) electrons. The van der Waals surface area contributed by atoms with E-state index in [1.54, 1.807) is 29.2 Å². The Kier molecular flexibility index (Phi) is 5.15. The summed E-state index contributed by atoms with van der Waals surface area (Å²) in [6.07, 6.45) is 0. The number of benzene rings is 2. The molecule has 0 aliphatic rings. The van der Waals surface area contributed by atoms with Gasteiger partial charge in [-0.1, -0.05) is 23.7 Å². The molecule has 2 aromatic rings. The van der Waals surface area contributed by atoms with Crippen molar-refractivity contribution in [3.8, 4) is 0 Å². The second-order valence-electron chi connectivity index (χ2n) is 4.69. The fraction of sp³-hybridized carbons (Fsp3) is 0.250. The van der Waals surface area contributed by atoms with Crippen molar-refractivity contribution in [2.45, 2.75) is 13.0 Å². The summed E-state index contributed by atoms with van der Waals surface area (Å²) in [4.78, 5) is 1.81. The molecule has 0 spiro atoms. The summed E-state index contributed by atoms with van der Waals surface area (Å²) in [5.41, 5.74) is 6.91. The predicted octanol–water partition coefficient (Wildman–Crippen LogP) is 4.14. The van der Waals surface area contributed by atoms with Gasteiger partial charge in [-0.3, -0.25) is 0 Å². The molecule has 1 unspecified atom stereocenters. The largest absolute Gasteiger partial charge is 0.361 e. The third kappa shape index (κ3) is 3.52. The van der Waals surface area contributed by atoms with Gasteiger partial charge in [0.15, 0.2) is 0 Å². The van der Waals surface area contributed by atoms with Gasteiger partial charge < -0.3 is 10.6 Å². The molecule has 21 heavy (non-hydrogen) atoms. The molecule has 1 atom stereocenters. The average molecular weight is 311 g/mol. The molecule has 0 bridgehead atoms. The highest BCUT2D eigenvalue weighted by Crippen LogP contribution is 2.30. The number of anilines is 1. The van der Waals surface area contributed by atoms with Crippen molar-refractivity contribution < 1.29 is 8.78 Å². The molecule has 2 rings (SSSR count). The summed E-state index contributed by atoms with van der Waals surface area (Å²) < 4.78 is 27.6. The van der Waals surface area contributed by atoms with Crippen molar-refractivity contribution in [1.82, 2.24) is 0 Å². The van der Waals surface area contributed by atoms with Crippen LogP contribution in [0.15, 0.2) is 42.5 Å². The van der Waals surface area contributed by atoms with Gasteiger partial charge in [0.2, 0.25) is 0 Å². The monoisotopic (exact) mass is 310 g/mol. The van der Waals surface area contributed by atoms with E-state index < -0.39 is 5.82 Å². The van der Waals surface area contributed by atoms with E-state index in [1.807, 2.05) is 6.92 Å². The van der Waals surface area contributed by atoms with E-state index in [9.17, 15) is 8.78 Å². The fourth-order valence-corrected chi connectivity index (χ4v) is 2.68. The molecular weight excluding hydrogens is 294 g/mol. The molecule has 0 saturated carbocycles. The second-order valence-corrected chi connectivity index (χ2v) is 5.13. The summed E-state index contributed by atoms with van der Waals surface area (Å²) in [6.45, 7) is 2.66. The lowest BCUT2D eigenvalue weighted by Gasteiger charge is -2.32. The third-order valence-electron chi connectivity index (χ3n) is 3.37. The van der Waals surface area contributed by atoms with Crippen LogP contribution in [0.25, 0.3) is 0 Å². The minimum atomic E-state index is -0.430. The van der Waals surface area contributed by atoms with Crippen molar-refractivity contribution in [1.29, 1.82) is 0 Å². The van der Waals surface area contributed by atoms with Crippen molar-refractivity contribution in [3.63, 3.8) is 0 Å². The first kappa shape index (κ1) is 15.7. The minimum absolute atomic E-state index is 0.224. The summed E-state index contributed by atoms with van der Waals surface area (Å²) in [6, 6.07) is 10.4. The van der Waals surface area contributed by atoms with Crippen LogP contribution in [0, 0.1) is 11.6 Å². The number of halogens is 3. The zero-order chi connectivity index (χ0) is 15.4. The van der Waals surface area contributed by atoms with Gasteiger partial charge >= 0.3 is 0 Å². The van der Waals surface area contributed by atoms with E-state index in [-0.39, 0.29) is 18.4 Å². The Morgan fingerprint density at radius 1 is 1.19 bits per heavy atom. The highest BCUT2D eigenvalue weighted by Gasteiger charge is 2.21. The van der Waals surface area contributed by atoms with Gasteiger partial charge in [-0.05, 0) is 42.8 Å². The lowest BCUT2D eigenvalue weighted by Crippen LogP contribution is -2.34. The lowest BCUT2D eigenvalue weighted by atomic mass is 10.0. The van der Waals surface area contributed by atoms with Gasteiger partial charge in [0.1, 0.15) is 11.6 Å². The molecule has 112 valence electrons. The molecule has 0 heterocycles. The van der Waals surface area contributed by atoms with E-state index in [4.69, 9.17) is 17.3 Å². The van der Waals surface area contributed by atoms with Gasteiger partial charge in [0, 0.05) is 18.1 Å². The molecule has 0 aliphatic carbocycles. The van der Waals surface area contributed by atoms with Crippen LogP contribution in [0.2, 0.25) is 5.02 Å². The second kappa shape index (κ2) is 6.87. The van der Waals surface area contributed by atoms with E-state index in [2.05, 4.69) is 0 Å². The van der Waals surface area contributed by atoms with Gasteiger partial charge in [0.05, 0.1) is 11.7 Å². The van der Waals surface area contributed by atoms with Gasteiger partial charge in [-0.2, -0.15) is 0 Å². The Morgan fingerprint density at radius 2 is 1.90 bits per heavy atom. The number of hydrogen-bond acceptors (Lipinski definition) is 2. The minimum Gasteiger partial charge on any atom is -0.361 e. The Balaban J connectivity index is 2.45. The Morgan fingerprint density at radius 3 is 2.48 bits per heavy atom. The molecule has 2 nitrogen and oxygen atoms in total. The van der Waals surface area contributed by atoms with Gasteiger partial charge in [0.25, 0.3) is 0 Å². The van der Waals surface area contributed by atoms with Crippen molar-refractivity contribution in [2.24, 2.45) is 5.73 Å². The summed E-state index contributed by atoms with van der Waals surface area (Å²) in [7, 11) is 0. The Hall–Kier alpha value is -1.65. The normalized spacial score (nSPS) is 12.2. The first-order chi connectivity index (χ1) is 10.1. The molecule has 0 aliphatic heterocycles. The smallest absolute Gasteiger partial charge is 0.146 e. The van der Waals surface area contributed by atoms with Crippen molar-refractivity contribution >= 4 is 17.3 Å². The Bertz CT molecular complexity index is 599. The summed E-state index contributed by atoms with van der Waals surface area (Å²) >= 11 is 5.90. The van der Waals surface area contributed by atoms with Gasteiger partial charge in [-0.25, -0.2) is 8.78 Å². The van der Waals surface area contributed by atoms with Crippen LogP contribution in [0.4, 0.5) is 14.5 Å². The van der Waals surface area contributed by atoms with E-state index in [0.717, 1.165) is 0 Å². The topological polar surface area (TPSA) is 29.3 Å². The summed E-state index contributed by atoms with van der Waals surface area (Å²) in [5.74, 6) is -0.763. The lowest BCUT2D eigenvalue weighted by molar-refractivity contribution is 0.582. The highest BCUT2D eigenvalue weighted by molar-refractivity contribution is 6.30. The fourth-order valence-electron chi connectivity index (χ4n) is 2.45. The zero-order valence-corrected chi connectivity index (χ0v) is 12.4. The molecule has 0 aromatic heterocycles. The van der Waals surface area contributed by atoms with Crippen LogP contribution < -0.4 is 10.6 Å². The SMILES string of the molecule is CCN(c1ccccc1F)C(CN)c1cc(F)cc(Cl)c1. The van der Waals surface area contributed by atoms with Crippen molar-refractivity contribution in [3.05, 3.63) is 64.7 Å². The van der Waals surface area contributed by atoms with Crippen LogP contribution >= 0.6 is 11.6 Å². The number of rotatable bonds is 5. The molecule has 2 N–H and O–H groups in total. The number of nitrogens with zero attached hydrogens (tertiary/aromatic N) is 1. The first-order valence-electron chi connectivity index (χ1n) is 6.74. The molecule has 0 saturated heterocycles. The van der Waals surface area contributed by atoms with E-state index in [0.29, 0.717) is 22.8 Å². The number of para-hydroxylation sites is 1. The van der Waals surface area contributed by atoms with Crippen molar-refractivity contribution in [2.75, 3.05) is 18.0 Å². The van der Waals surface area contributed by atoms with Crippen LogP contribution in [-0.4, -0.2) is 13.1 Å². The molecular formula is C16H17ClF2N2. The number of hydrogen-bond donors (Lipinski definition) is 1. The van der Waals surface area contributed by atoms with Crippen LogP contribution in [0.5, 0.6) is 0 Å². The zero-order valence-electron chi connectivity index (χ0n) is 11.7. The maximum Gasteiger partial charge on any atom is 0.146 e. The molecule has 5 heteroatoms. The molecule has 2 aromatic carbocycles. The van der Waals surface area contributed by atoms with E-state index >= 15 is 0 Å². The van der Waals surface area contributed by atoms with Crippen LogP contribution in [0.1, 0.15) is 18.5 Å².